The van der Waals surface area contributed by atoms with Crippen LogP contribution in [0.25, 0.3) is 0 Å². The van der Waals surface area contributed by atoms with Gasteiger partial charge in [-0.25, -0.2) is 8.42 Å². The van der Waals surface area contributed by atoms with E-state index in [1.807, 2.05) is 12.1 Å². The first-order chi connectivity index (χ1) is 9.84. The zero-order chi connectivity index (χ0) is 15.6. The van der Waals surface area contributed by atoms with Gasteiger partial charge in [-0.1, -0.05) is 26.0 Å². The molecule has 1 N–H and O–H groups in total. The van der Waals surface area contributed by atoms with Crippen molar-refractivity contribution in [1.29, 1.82) is 0 Å². The molecule has 0 aliphatic carbocycles. The van der Waals surface area contributed by atoms with Crippen LogP contribution in [0.3, 0.4) is 0 Å². The number of sulfonamides is 1. The summed E-state index contributed by atoms with van der Waals surface area (Å²) >= 11 is 0. The van der Waals surface area contributed by atoms with E-state index in [1.165, 1.54) is 4.31 Å². The van der Waals surface area contributed by atoms with E-state index in [1.54, 1.807) is 12.1 Å². The Bertz CT molecular complexity index is 603. The Balaban J connectivity index is 2.06. The molecule has 1 saturated heterocycles. The van der Waals surface area contributed by atoms with Gasteiger partial charge in [0.05, 0.1) is 11.3 Å². The van der Waals surface area contributed by atoms with Gasteiger partial charge in [-0.2, -0.15) is 4.31 Å². The van der Waals surface area contributed by atoms with Gasteiger partial charge >= 0.3 is 5.97 Å². The van der Waals surface area contributed by atoms with Crippen LogP contribution < -0.4 is 0 Å². The molecule has 1 aromatic rings. The van der Waals surface area contributed by atoms with Crippen molar-refractivity contribution in [2.24, 2.45) is 5.92 Å². The highest BCUT2D eigenvalue weighted by Crippen LogP contribution is 2.28. The summed E-state index contributed by atoms with van der Waals surface area (Å²) in [5.41, 5.74) is 1.13. The van der Waals surface area contributed by atoms with Crippen LogP contribution in [0.15, 0.2) is 29.2 Å². The lowest BCUT2D eigenvalue weighted by Crippen LogP contribution is -2.50. The van der Waals surface area contributed by atoms with Gasteiger partial charge in [0, 0.05) is 13.1 Å². The zero-order valence-electron chi connectivity index (χ0n) is 12.3. The molecule has 6 heteroatoms. The largest absolute Gasteiger partial charge is 0.481 e. The number of carboxylic acid groups (broad SMARTS) is 1. The molecule has 1 aromatic carbocycles. The van der Waals surface area contributed by atoms with Gasteiger partial charge in [0.2, 0.25) is 10.0 Å². The normalized spacial score (nSPS) is 18.2. The highest BCUT2D eigenvalue weighted by molar-refractivity contribution is 7.89. The molecule has 0 saturated carbocycles. The highest BCUT2D eigenvalue weighted by Gasteiger charge is 2.37. The Morgan fingerprint density at radius 1 is 1.33 bits per heavy atom. The second-order valence-corrected chi connectivity index (χ2v) is 7.60. The Kier molecular flexibility index (Phi) is 4.68. The van der Waals surface area contributed by atoms with Gasteiger partial charge in [0.15, 0.2) is 0 Å². The molecular weight excluding hydrogens is 290 g/mol. The third-order valence-corrected chi connectivity index (χ3v) is 5.93. The van der Waals surface area contributed by atoms with Gasteiger partial charge in [0.1, 0.15) is 0 Å². The van der Waals surface area contributed by atoms with Crippen molar-refractivity contribution in [2.75, 3.05) is 13.1 Å². The average Bonchev–Trinajstić information content (AvgIpc) is 2.41. The van der Waals surface area contributed by atoms with Gasteiger partial charge in [-0.05, 0) is 36.0 Å². The summed E-state index contributed by atoms with van der Waals surface area (Å²) in [6.07, 6.45) is 1.04. The average molecular weight is 311 g/mol. The molecule has 1 aliphatic heterocycles. The molecule has 5 nitrogen and oxygen atoms in total. The second-order valence-electron chi connectivity index (χ2n) is 5.66. The number of carbonyl (C=O) groups is 1. The van der Waals surface area contributed by atoms with E-state index in [4.69, 9.17) is 5.11 Å². The minimum atomic E-state index is -3.48. The topological polar surface area (TPSA) is 74.7 Å². The molecule has 2 rings (SSSR count). The molecule has 0 radical (unpaired) electrons. The summed E-state index contributed by atoms with van der Waals surface area (Å²) in [4.78, 5) is 10.9. The van der Waals surface area contributed by atoms with Crippen LogP contribution in [0.4, 0.5) is 0 Å². The molecule has 0 spiro atoms. The molecule has 0 aromatic heterocycles. The lowest BCUT2D eigenvalue weighted by molar-refractivity contribution is -0.139. The predicted molar refractivity (Wildman–Crippen MR) is 79.6 cm³/mol. The van der Waals surface area contributed by atoms with E-state index in [0.29, 0.717) is 19.0 Å². The molecule has 0 bridgehead atoms. The molecule has 0 amide bonds. The lowest BCUT2D eigenvalue weighted by Gasteiger charge is -2.37. The maximum absolute atomic E-state index is 12.4. The van der Waals surface area contributed by atoms with Crippen molar-refractivity contribution in [2.45, 2.75) is 37.5 Å². The molecule has 1 atom stereocenters. The van der Waals surface area contributed by atoms with Crippen LogP contribution >= 0.6 is 0 Å². The van der Waals surface area contributed by atoms with Crippen LogP contribution in [-0.2, 0) is 14.8 Å². The van der Waals surface area contributed by atoms with Gasteiger partial charge in [-0.15, -0.1) is 0 Å². The van der Waals surface area contributed by atoms with Crippen LogP contribution in [-0.4, -0.2) is 36.9 Å². The van der Waals surface area contributed by atoms with Crippen LogP contribution in [0.1, 0.15) is 38.2 Å². The fourth-order valence-electron chi connectivity index (χ4n) is 2.45. The number of hydrogen-bond acceptors (Lipinski definition) is 3. The summed E-state index contributed by atoms with van der Waals surface area (Å²) < 4.78 is 26.1. The Labute approximate surface area is 125 Å². The van der Waals surface area contributed by atoms with Gasteiger partial charge < -0.3 is 5.11 Å². The van der Waals surface area contributed by atoms with Crippen molar-refractivity contribution in [3.63, 3.8) is 0 Å². The van der Waals surface area contributed by atoms with E-state index >= 15 is 0 Å². The number of hydrogen-bond donors (Lipinski definition) is 1. The van der Waals surface area contributed by atoms with E-state index in [9.17, 15) is 13.2 Å². The molecule has 1 unspecified atom stereocenters. The van der Waals surface area contributed by atoms with Crippen LogP contribution in [0.5, 0.6) is 0 Å². The highest BCUT2D eigenvalue weighted by atomic mass is 32.2. The first-order valence-electron chi connectivity index (χ1n) is 7.16. The zero-order valence-corrected chi connectivity index (χ0v) is 13.1. The molecular formula is C15H21NO4S. The quantitative estimate of drug-likeness (QED) is 0.874. The van der Waals surface area contributed by atoms with Crippen molar-refractivity contribution in [3.05, 3.63) is 29.8 Å². The van der Waals surface area contributed by atoms with Crippen molar-refractivity contribution >= 4 is 16.0 Å². The number of rotatable bonds is 6. The number of aliphatic carboxylic acids is 1. The maximum Gasteiger partial charge on any atom is 0.303 e. The van der Waals surface area contributed by atoms with E-state index < -0.39 is 16.0 Å². The van der Waals surface area contributed by atoms with Crippen molar-refractivity contribution in [1.82, 2.24) is 4.31 Å². The molecule has 21 heavy (non-hydrogen) atoms. The monoisotopic (exact) mass is 311 g/mol. The standard InChI is InChI=1S/C15H21NO4S/c1-3-11(2)13-4-6-14(7-5-13)21(19,20)16-9-12(10-16)8-15(17)18/h4-7,11-12H,3,8-10H2,1-2H3,(H,17,18). The van der Waals surface area contributed by atoms with Crippen molar-refractivity contribution < 1.29 is 18.3 Å². The number of carboxylic acids is 1. The summed E-state index contributed by atoms with van der Waals surface area (Å²) in [6, 6.07) is 6.99. The fourth-order valence-corrected chi connectivity index (χ4v) is 4.04. The minimum Gasteiger partial charge on any atom is -0.481 e. The molecule has 116 valence electrons. The smallest absolute Gasteiger partial charge is 0.303 e. The Morgan fingerprint density at radius 2 is 1.90 bits per heavy atom. The van der Waals surface area contributed by atoms with E-state index in [2.05, 4.69) is 13.8 Å². The minimum absolute atomic E-state index is 0.0268. The maximum atomic E-state index is 12.4. The number of benzene rings is 1. The molecule has 1 fully saturated rings. The van der Waals surface area contributed by atoms with Gasteiger partial charge in [0.25, 0.3) is 0 Å². The second kappa shape index (κ2) is 6.15. The predicted octanol–water partition coefficient (Wildman–Crippen LogP) is 2.30. The van der Waals surface area contributed by atoms with E-state index in [-0.39, 0.29) is 17.2 Å². The van der Waals surface area contributed by atoms with Crippen LogP contribution in [0, 0.1) is 5.92 Å². The first kappa shape index (κ1) is 16.0. The fraction of sp³-hybridized carbons (Fsp3) is 0.533. The van der Waals surface area contributed by atoms with Crippen LogP contribution in [0.2, 0.25) is 0 Å². The molecule has 1 aliphatic rings. The SMILES string of the molecule is CCC(C)c1ccc(S(=O)(=O)N2CC(CC(=O)O)C2)cc1. The molecule has 1 heterocycles. The van der Waals surface area contributed by atoms with Crippen molar-refractivity contribution in [3.8, 4) is 0 Å². The number of nitrogens with zero attached hydrogens (tertiary/aromatic N) is 1. The third kappa shape index (κ3) is 3.44. The van der Waals surface area contributed by atoms with E-state index in [0.717, 1.165) is 12.0 Å². The summed E-state index contributed by atoms with van der Waals surface area (Å²) in [7, 11) is -3.48. The van der Waals surface area contributed by atoms with Gasteiger partial charge in [-0.3, -0.25) is 4.79 Å². The lowest BCUT2D eigenvalue weighted by atomic mass is 9.99. The summed E-state index contributed by atoms with van der Waals surface area (Å²) in [5.74, 6) is -0.544. The first-order valence-corrected chi connectivity index (χ1v) is 8.60. The Morgan fingerprint density at radius 3 is 2.38 bits per heavy atom. The third-order valence-electron chi connectivity index (χ3n) is 4.09. The Hall–Kier alpha value is -1.40. The summed E-state index contributed by atoms with van der Waals surface area (Å²) in [6.45, 7) is 4.79. The summed E-state index contributed by atoms with van der Waals surface area (Å²) in [5, 5.41) is 8.69.